The van der Waals surface area contributed by atoms with E-state index in [1.165, 1.54) is 24.8 Å². The van der Waals surface area contributed by atoms with Gasteiger partial charge in [0, 0.05) is 5.54 Å². The lowest BCUT2D eigenvalue weighted by Gasteiger charge is -2.43. The Kier molecular flexibility index (Phi) is 4.11. The molecule has 1 aliphatic carbocycles. The van der Waals surface area contributed by atoms with Gasteiger partial charge in [-0.1, -0.05) is 51.1 Å². The van der Waals surface area contributed by atoms with Crippen molar-refractivity contribution < 1.29 is 0 Å². The van der Waals surface area contributed by atoms with Gasteiger partial charge in [0.2, 0.25) is 0 Å². The molecule has 0 aliphatic heterocycles. The highest BCUT2D eigenvalue weighted by Crippen LogP contribution is 2.43. The number of hydrogen-bond acceptors (Lipinski definition) is 1. The minimum absolute atomic E-state index is 0.135. The maximum Gasteiger partial charge on any atom is 0.0435 e. The van der Waals surface area contributed by atoms with Crippen LogP contribution in [0.3, 0.4) is 0 Å². The van der Waals surface area contributed by atoms with Crippen LogP contribution in [0, 0.1) is 17.8 Å². The van der Waals surface area contributed by atoms with E-state index < -0.39 is 0 Å². The molecule has 1 nitrogen and oxygen atoms in total. The Labute approximate surface area is 112 Å². The molecule has 100 valence electrons. The predicted octanol–water partition coefficient (Wildman–Crippen LogP) is 4.32. The first-order valence-corrected chi connectivity index (χ1v) is 7.40. The standard InChI is InChI=1S/C17H27N/c1-4-17(18,15-8-6-5-7-9-15)16-11-13(2)10-14(3)12-16/h5-9,13-14,16H,4,10-12,18H2,1-3H3. The Hall–Kier alpha value is -0.820. The third-order valence-corrected chi connectivity index (χ3v) is 4.80. The Morgan fingerprint density at radius 1 is 1.06 bits per heavy atom. The number of hydrogen-bond donors (Lipinski definition) is 1. The maximum atomic E-state index is 6.82. The van der Waals surface area contributed by atoms with E-state index in [-0.39, 0.29) is 5.54 Å². The summed E-state index contributed by atoms with van der Waals surface area (Å²) in [5.74, 6) is 2.26. The van der Waals surface area contributed by atoms with Crippen molar-refractivity contribution in [2.75, 3.05) is 0 Å². The lowest BCUT2D eigenvalue weighted by Crippen LogP contribution is -2.46. The summed E-state index contributed by atoms with van der Waals surface area (Å²) in [5.41, 5.74) is 8.00. The molecule has 0 heterocycles. The third-order valence-electron chi connectivity index (χ3n) is 4.80. The van der Waals surface area contributed by atoms with Crippen molar-refractivity contribution in [3.05, 3.63) is 35.9 Å². The van der Waals surface area contributed by atoms with Gasteiger partial charge in [0.25, 0.3) is 0 Å². The van der Waals surface area contributed by atoms with Gasteiger partial charge < -0.3 is 5.73 Å². The zero-order valence-corrected chi connectivity index (χ0v) is 12.0. The molecule has 1 fully saturated rings. The SMILES string of the molecule is CCC(N)(c1ccccc1)C1CC(C)CC(C)C1. The lowest BCUT2D eigenvalue weighted by atomic mass is 9.65. The minimum Gasteiger partial charge on any atom is -0.321 e. The van der Waals surface area contributed by atoms with Crippen molar-refractivity contribution in [1.82, 2.24) is 0 Å². The van der Waals surface area contributed by atoms with E-state index in [9.17, 15) is 0 Å². The fourth-order valence-electron chi connectivity index (χ4n) is 3.84. The van der Waals surface area contributed by atoms with Crippen molar-refractivity contribution in [3.63, 3.8) is 0 Å². The molecule has 3 atom stereocenters. The van der Waals surface area contributed by atoms with Crippen LogP contribution >= 0.6 is 0 Å². The van der Waals surface area contributed by atoms with Crippen LogP contribution in [0.1, 0.15) is 52.0 Å². The van der Waals surface area contributed by atoms with Crippen LogP contribution in [0.15, 0.2) is 30.3 Å². The summed E-state index contributed by atoms with van der Waals surface area (Å²) in [7, 11) is 0. The van der Waals surface area contributed by atoms with Gasteiger partial charge in [-0.2, -0.15) is 0 Å². The maximum absolute atomic E-state index is 6.82. The average Bonchev–Trinajstić information content (AvgIpc) is 2.37. The van der Waals surface area contributed by atoms with E-state index in [1.54, 1.807) is 0 Å². The minimum atomic E-state index is -0.135. The third kappa shape index (κ3) is 2.61. The molecule has 1 heteroatoms. The highest BCUT2D eigenvalue weighted by Gasteiger charge is 2.38. The van der Waals surface area contributed by atoms with Crippen molar-refractivity contribution >= 4 is 0 Å². The van der Waals surface area contributed by atoms with E-state index in [0.29, 0.717) is 5.92 Å². The monoisotopic (exact) mass is 245 g/mol. The molecule has 1 aromatic rings. The van der Waals surface area contributed by atoms with Crippen LogP contribution in [-0.4, -0.2) is 0 Å². The summed E-state index contributed by atoms with van der Waals surface area (Å²) >= 11 is 0. The van der Waals surface area contributed by atoms with Gasteiger partial charge in [-0.3, -0.25) is 0 Å². The molecule has 0 amide bonds. The molecule has 1 aliphatic rings. The second-order valence-electron chi connectivity index (χ2n) is 6.37. The zero-order chi connectivity index (χ0) is 13.2. The molecule has 2 rings (SSSR count). The molecule has 1 saturated carbocycles. The van der Waals surface area contributed by atoms with E-state index >= 15 is 0 Å². The fourth-order valence-corrected chi connectivity index (χ4v) is 3.84. The smallest absolute Gasteiger partial charge is 0.0435 e. The van der Waals surface area contributed by atoms with Crippen LogP contribution in [0.4, 0.5) is 0 Å². The second-order valence-corrected chi connectivity index (χ2v) is 6.37. The molecule has 0 bridgehead atoms. The van der Waals surface area contributed by atoms with Gasteiger partial charge in [-0.15, -0.1) is 0 Å². The van der Waals surface area contributed by atoms with Gasteiger partial charge in [-0.05, 0) is 49.0 Å². The summed E-state index contributed by atoms with van der Waals surface area (Å²) < 4.78 is 0. The Morgan fingerprint density at radius 3 is 2.11 bits per heavy atom. The van der Waals surface area contributed by atoms with Crippen LogP contribution < -0.4 is 5.73 Å². The van der Waals surface area contributed by atoms with Crippen LogP contribution in [-0.2, 0) is 5.54 Å². The molecule has 0 saturated heterocycles. The van der Waals surface area contributed by atoms with Crippen molar-refractivity contribution in [2.24, 2.45) is 23.5 Å². The highest BCUT2D eigenvalue weighted by atomic mass is 14.8. The summed E-state index contributed by atoms with van der Waals surface area (Å²) in [6, 6.07) is 10.7. The Balaban J connectivity index is 2.26. The molecule has 3 unspecified atom stereocenters. The van der Waals surface area contributed by atoms with Crippen LogP contribution in [0.25, 0.3) is 0 Å². The van der Waals surface area contributed by atoms with Gasteiger partial charge in [0.05, 0.1) is 0 Å². The van der Waals surface area contributed by atoms with E-state index in [2.05, 4.69) is 51.1 Å². The predicted molar refractivity (Wildman–Crippen MR) is 78.3 cm³/mol. The summed E-state index contributed by atoms with van der Waals surface area (Å²) in [4.78, 5) is 0. The number of rotatable bonds is 3. The summed E-state index contributed by atoms with van der Waals surface area (Å²) in [6.07, 6.45) is 4.96. The van der Waals surface area contributed by atoms with Gasteiger partial charge in [0.1, 0.15) is 0 Å². The average molecular weight is 245 g/mol. The molecule has 0 aromatic heterocycles. The van der Waals surface area contributed by atoms with Gasteiger partial charge in [-0.25, -0.2) is 0 Å². The molecule has 1 aromatic carbocycles. The summed E-state index contributed by atoms with van der Waals surface area (Å²) in [6.45, 7) is 6.99. The van der Waals surface area contributed by atoms with Crippen LogP contribution in [0.2, 0.25) is 0 Å². The first-order valence-electron chi connectivity index (χ1n) is 7.40. The molecule has 2 N–H and O–H groups in total. The van der Waals surface area contributed by atoms with Crippen LogP contribution in [0.5, 0.6) is 0 Å². The molecule has 18 heavy (non-hydrogen) atoms. The molecule has 0 spiro atoms. The van der Waals surface area contributed by atoms with E-state index in [1.807, 2.05) is 0 Å². The largest absolute Gasteiger partial charge is 0.321 e. The van der Waals surface area contributed by atoms with Crippen molar-refractivity contribution in [1.29, 1.82) is 0 Å². The van der Waals surface area contributed by atoms with Crippen molar-refractivity contribution in [2.45, 2.75) is 52.0 Å². The Bertz CT molecular complexity index is 362. The Morgan fingerprint density at radius 2 is 1.61 bits per heavy atom. The van der Waals surface area contributed by atoms with Crippen molar-refractivity contribution in [3.8, 4) is 0 Å². The highest BCUT2D eigenvalue weighted by molar-refractivity contribution is 5.25. The van der Waals surface area contributed by atoms with E-state index in [0.717, 1.165) is 18.3 Å². The van der Waals surface area contributed by atoms with E-state index in [4.69, 9.17) is 5.73 Å². The second kappa shape index (κ2) is 5.44. The molecular formula is C17H27N. The lowest BCUT2D eigenvalue weighted by molar-refractivity contribution is 0.130. The first-order chi connectivity index (χ1) is 8.56. The first kappa shape index (κ1) is 13.6. The van der Waals surface area contributed by atoms with Gasteiger partial charge >= 0.3 is 0 Å². The number of benzene rings is 1. The quantitative estimate of drug-likeness (QED) is 0.843. The number of nitrogens with two attached hydrogens (primary N) is 1. The zero-order valence-electron chi connectivity index (χ0n) is 12.0. The fraction of sp³-hybridized carbons (Fsp3) is 0.647. The van der Waals surface area contributed by atoms with Gasteiger partial charge in [0.15, 0.2) is 0 Å². The molecular weight excluding hydrogens is 218 g/mol. The topological polar surface area (TPSA) is 26.0 Å². The summed E-state index contributed by atoms with van der Waals surface area (Å²) in [5, 5.41) is 0. The normalized spacial score (nSPS) is 31.9. The molecule has 0 radical (unpaired) electrons.